The summed E-state index contributed by atoms with van der Waals surface area (Å²) in [6, 6.07) is 3.26. The van der Waals surface area contributed by atoms with Crippen LogP contribution in [0.5, 0.6) is 11.5 Å². The Balaban J connectivity index is 2.76. The van der Waals surface area contributed by atoms with E-state index in [0.29, 0.717) is 22.4 Å². The van der Waals surface area contributed by atoms with Crippen molar-refractivity contribution in [2.75, 3.05) is 14.2 Å². The number of methoxy groups -OCH3 is 2. The van der Waals surface area contributed by atoms with Gasteiger partial charge in [-0.05, 0) is 6.07 Å². The number of aromatic nitrogens is 2. The number of nitrogens with one attached hydrogen (secondary N) is 1. The molecule has 1 aromatic carbocycles. The van der Waals surface area contributed by atoms with Crippen LogP contribution in [-0.4, -0.2) is 35.5 Å². The summed E-state index contributed by atoms with van der Waals surface area (Å²) in [5.41, 5.74) is 0.493. The first-order chi connectivity index (χ1) is 7.67. The number of aromatic carboxylic acids is 1. The minimum Gasteiger partial charge on any atom is -0.497 e. The molecular formula is C10H10N2O4. The van der Waals surface area contributed by atoms with Crippen molar-refractivity contribution in [1.29, 1.82) is 0 Å². The average Bonchev–Trinajstić information content (AvgIpc) is 2.71. The third kappa shape index (κ3) is 1.44. The van der Waals surface area contributed by atoms with Crippen LogP contribution in [0.3, 0.4) is 0 Å². The third-order valence-corrected chi connectivity index (χ3v) is 2.27. The van der Waals surface area contributed by atoms with Crippen molar-refractivity contribution in [3.63, 3.8) is 0 Å². The molecule has 0 radical (unpaired) electrons. The van der Waals surface area contributed by atoms with Crippen LogP contribution in [0, 0.1) is 0 Å². The molecule has 2 aromatic rings. The maximum absolute atomic E-state index is 10.9. The van der Waals surface area contributed by atoms with Gasteiger partial charge in [-0.25, -0.2) is 4.79 Å². The molecule has 0 saturated heterocycles. The molecule has 16 heavy (non-hydrogen) atoms. The van der Waals surface area contributed by atoms with E-state index in [1.807, 2.05) is 0 Å². The number of benzene rings is 1. The molecule has 2 N–H and O–H groups in total. The Morgan fingerprint density at radius 2 is 2.12 bits per heavy atom. The number of carbonyl (C=O) groups is 1. The summed E-state index contributed by atoms with van der Waals surface area (Å²) >= 11 is 0. The second kappa shape index (κ2) is 3.73. The lowest BCUT2D eigenvalue weighted by atomic mass is 10.2. The summed E-state index contributed by atoms with van der Waals surface area (Å²) < 4.78 is 10.2. The normalized spacial score (nSPS) is 10.4. The molecule has 0 spiro atoms. The molecule has 1 heterocycles. The smallest absolute Gasteiger partial charge is 0.357 e. The second-order valence-electron chi connectivity index (χ2n) is 3.13. The first kappa shape index (κ1) is 10.3. The zero-order valence-electron chi connectivity index (χ0n) is 8.77. The van der Waals surface area contributed by atoms with Gasteiger partial charge in [-0.3, -0.25) is 5.10 Å². The zero-order valence-corrected chi connectivity index (χ0v) is 8.77. The highest BCUT2D eigenvalue weighted by atomic mass is 16.5. The van der Waals surface area contributed by atoms with Gasteiger partial charge in [0.05, 0.1) is 14.2 Å². The van der Waals surface area contributed by atoms with Gasteiger partial charge in [-0.15, -0.1) is 0 Å². The number of fused-ring (bicyclic) bond motifs is 1. The van der Waals surface area contributed by atoms with Gasteiger partial charge in [0.2, 0.25) is 0 Å². The van der Waals surface area contributed by atoms with Gasteiger partial charge < -0.3 is 14.6 Å². The van der Waals surface area contributed by atoms with Crippen molar-refractivity contribution in [2.24, 2.45) is 0 Å². The molecule has 0 amide bonds. The van der Waals surface area contributed by atoms with Crippen LogP contribution in [0.2, 0.25) is 0 Å². The van der Waals surface area contributed by atoms with E-state index in [0.717, 1.165) is 0 Å². The van der Waals surface area contributed by atoms with Gasteiger partial charge in [0.1, 0.15) is 17.0 Å². The summed E-state index contributed by atoms with van der Waals surface area (Å²) in [5.74, 6) is -0.0795. The summed E-state index contributed by atoms with van der Waals surface area (Å²) in [6.07, 6.45) is 0. The topological polar surface area (TPSA) is 84.4 Å². The van der Waals surface area contributed by atoms with Gasteiger partial charge in [0.25, 0.3) is 0 Å². The van der Waals surface area contributed by atoms with Gasteiger partial charge in [-0.2, -0.15) is 5.10 Å². The van der Waals surface area contributed by atoms with E-state index in [1.54, 1.807) is 12.1 Å². The maximum atomic E-state index is 10.9. The third-order valence-electron chi connectivity index (χ3n) is 2.27. The lowest BCUT2D eigenvalue weighted by Crippen LogP contribution is -1.97. The molecule has 6 heteroatoms. The van der Waals surface area contributed by atoms with Crippen molar-refractivity contribution in [3.8, 4) is 11.5 Å². The fourth-order valence-corrected chi connectivity index (χ4v) is 1.51. The summed E-state index contributed by atoms with van der Waals surface area (Å²) in [7, 11) is 3.00. The fraction of sp³-hybridized carbons (Fsp3) is 0.200. The van der Waals surface area contributed by atoms with E-state index in [2.05, 4.69) is 10.2 Å². The van der Waals surface area contributed by atoms with Crippen LogP contribution >= 0.6 is 0 Å². The van der Waals surface area contributed by atoms with Crippen molar-refractivity contribution < 1.29 is 19.4 Å². The summed E-state index contributed by atoms with van der Waals surface area (Å²) in [4.78, 5) is 10.9. The Bertz CT molecular complexity index is 547. The Hall–Kier alpha value is -2.24. The standard InChI is InChI=1S/C10H10N2O4/c1-15-5-3-6-8(7(4-5)16-2)11-12-9(6)10(13)14/h3-4H,1-2H3,(H,11,12)(H,13,14). The maximum Gasteiger partial charge on any atom is 0.357 e. The van der Waals surface area contributed by atoms with E-state index < -0.39 is 5.97 Å². The lowest BCUT2D eigenvalue weighted by molar-refractivity contribution is 0.0692. The number of rotatable bonds is 3. The SMILES string of the molecule is COc1cc(OC)c2[nH]nc(C(=O)O)c2c1. The molecule has 6 nitrogen and oxygen atoms in total. The largest absolute Gasteiger partial charge is 0.497 e. The molecular weight excluding hydrogens is 212 g/mol. The number of hydrogen-bond donors (Lipinski definition) is 2. The van der Waals surface area contributed by atoms with E-state index in [1.165, 1.54) is 14.2 Å². The Labute approximate surface area is 90.8 Å². The number of carboxylic acid groups (broad SMARTS) is 1. The van der Waals surface area contributed by atoms with Crippen LogP contribution in [0.1, 0.15) is 10.5 Å². The van der Waals surface area contributed by atoms with Crippen LogP contribution in [0.25, 0.3) is 10.9 Å². The van der Waals surface area contributed by atoms with Crippen molar-refractivity contribution in [3.05, 3.63) is 17.8 Å². The highest BCUT2D eigenvalue weighted by Crippen LogP contribution is 2.31. The van der Waals surface area contributed by atoms with Gasteiger partial charge in [0, 0.05) is 11.5 Å². The molecule has 0 aliphatic heterocycles. The van der Waals surface area contributed by atoms with Crippen molar-refractivity contribution in [2.45, 2.75) is 0 Å². The predicted octanol–water partition coefficient (Wildman–Crippen LogP) is 1.28. The van der Waals surface area contributed by atoms with Gasteiger partial charge >= 0.3 is 5.97 Å². The van der Waals surface area contributed by atoms with Gasteiger partial charge in [-0.1, -0.05) is 0 Å². The molecule has 0 unspecified atom stereocenters. The zero-order chi connectivity index (χ0) is 11.7. The lowest BCUT2D eigenvalue weighted by Gasteiger charge is -2.04. The van der Waals surface area contributed by atoms with E-state index >= 15 is 0 Å². The molecule has 0 bridgehead atoms. The number of nitrogens with zero attached hydrogens (tertiary/aromatic N) is 1. The number of hydrogen-bond acceptors (Lipinski definition) is 4. The van der Waals surface area contributed by atoms with Crippen molar-refractivity contribution >= 4 is 16.9 Å². The van der Waals surface area contributed by atoms with Gasteiger partial charge in [0.15, 0.2) is 5.69 Å². The van der Waals surface area contributed by atoms with Crippen LogP contribution < -0.4 is 9.47 Å². The quantitative estimate of drug-likeness (QED) is 0.817. The first-order valence-electron chi connectivity index (χ1n) is 4.50. The predicted molar refractivity (Wildman–Crippen MR) is 56.2 cm³/mol. The van der Waals surface area contributed by atoms with E-state index in [9.17, 15) is 4.79 Å². The van der Waals surface area contributed by atoms with Crippen molar-refractivity contribution in [1.82, 2.24) is 10.2 Å². The van der Waals surface area contributed by atoms with Crippen LogP contribution in [-0.2, 0) is 0 Å². The molecule has 0 fully saturated rings. The number of aromatic amines is 1. The Kier molecular flexibility index (Phi) is 2.40. The number of ether oxygens (including phenoxy) is 2. The molecule has 0 aliphatic rings. The summed E-state index contributed by atoms with van der Waals surface area (Å²) in [5, 5.41) is 15.7. The average molecular weight is 222 g/mol. The molecule has 1 aromatic heterocycles. The molecule has 0 aliphatic carbocycles. The minimum atomic E-state index is -1.10. The summed E-state index contributed by atoms with van der Waals surface area (Å²) in [6.45, 7) is 0. The van der Waals surface area contributed by atoms with Crippen LogP contribution in [0.15, 0.2) is 12.1 Å². The fourth-order valence-electron chi connectivity index (χ4n) is 1.51. The molecule has 84 valence electrons. The monoisotopic (exact) mass is 222 g/mol. The molecule has 0 atom stereocenters. The minimum absolute atomic E-state index is 0.0489. The first-order valence-corrected chi connectivity index (χ1v) is 4.50. The van der Waals surface area contributed by atoms with E-state index in [4.69, 9.17) is 14.6 Å². The number of H-pyrrole nitrogens is 1. The highest BCUT2D eigenvalue weighted by Gasteiger charge is 2.16. The molecule has 2 rings (SSSR count). The van der Waals surface area contributed by atoms with Crippen LogP contribution in [0.4, 0.5) is 0 Å². The highest BCUT2D eigenvalue weighted by molar-refractivity contribution is 6.03. The molecule has 0 saturated carbocycles. The second-order valence-corrected chi connectivity index (χ2v) is 3.13. The van der Waals surface area contributed by atoms with E-state index in [-0.39, 0.29) is 5.69 Å². The Morgan fingerprint density at radius 1 is 1.38 bits per heavy atom. The Morgan fingerprint density at radius 3 is 2.69 bits per heavy atom. The number of carboxylic acids is 1.